The first-order chi connectivity index (χ1) is 12.5. The summed E-state index contributed by atoms with van der Waals surface area (Å²) in [5.74, 6) is -1.57. The predicted octanol–water partition coefficient (Wildman–Crippen LogP) is 2.91. The number of para-hydroxylation sites is 1. The van der Waals surface area contributed by atoms with Crippen LogP contribution in [0.25, 0.3) is 0 Å². The minimum atomic E-state index is -0.542. The van der Waals surface area contributed by atoms with Crippen molar-refractivity contribution in [3.63, 3.8) is 0 Å². The van der Waals surface area contributed by atoms with Crippen molar-refractivity contribution in [2.24, 2.45) is 0 Å². The van der Waals surface area contributed by atoms with E-state index in [4.69, 9.17) is 4.74 Å². The van der Waals surface area contributed by atoms with Gasteiger partial charge in [0.25, 0.3) is 5.91 Å². The molecular formula is C19H17FN2O4. The molecule has 0 aliphatic carbocycles. The van der Waals surface area contributed by atoms with E-state index in [0.29, 0.717) is 17.7 Å². The van der Waals surface area contributed by atoms with Gasteiger partial charge in [0.1, 0.15) is 5.75 Å². The quantitative estimate of drug-likeness (QED) is 0.581. The lowest BCUT2D eigenvalue weighted by atomic mass is 9.99. The molecule has 0 fully saturated rings. The highest BCUT2D eigenvalue weighted by atomic mass is 19.1. The minimum Gasteiger partial charge on any atom is -0.507 e. The van der Waals surface area contributed by atoms with Crippen LogP contribution in [-0.2, 0) is 4.79 Å². The van der Waals surface area contributed by atoms with Gasteiger partial charge in [0, 0.05) is 17.7 Å². The van der Waals surface area contributed by atoms with Gasteiger partial charge in [-0.05, 0) is 30.3 Å². The summed E-state index contributed by atoms with van der Waals surface area (Å²) in [5, 5.41) is 15.3. The monoisotopic (exact) mass is 356 g/mol. The van der Waals surface area contributed by atoms with Crippen LogP contribution < -0.4 is 15.4 Å². The molecule has 26 heavy (non-hydrogen) atoms. The maximum Gasteiger partial charge on any atom is 0.255 e. The van der Waals surface area contributed by atoms with Crippen molar-refractivity contribution in [2.45, 2.75) is 12.5 Å². The van der Waals surface area contributed by atoms with Crippen molar-refractivity contribution in [3.05, 3.63) is 66.0 Å². The average Bonchev–Trinajstić information content (AvgIpc) is 2.64. The van der Waals surface area contributed by atoms with Crippen LogP contribution in [0.2, 0.25) is 0 Å². The molecule has 0 aromatic heterocycles. The molecule has 1 aliphatic heterocycles. The second kappa shape index (κ2) is 7.26. The third-order valence-corrected chi connectivity index (χ3v) is 4.03. The second-order valence-corrected chi connectivity index (χ2v) is 5.75. The lowest BCUT2D eigenvalue weighted by Gasteiger charge is -2.27. The first-order valence-corrected chi connectivity index (χ1v) is 7.98. The molecule has 0 saturated heterocycles. The zero-order valence-corrected chi connectivity index (χ0v) is 13.8. The third kappa shape index (κ3) is 3.51. The molecule has 1 atom stereocenters. The molecule has 3 rings (SSSR count). The summed E-state index contributed by atoms with van der Waals surface area (Å²) in [5.41, 5.74) is 0.882. The Morgan fingerprint density at radius 2 is 2.12 bits per heavy atom. The van der Waals surface area contributed by atoms with E-state index in [1.54, 1.807) is 12.1 Å². The zero-order chi connectivity index (χ0) is 18.7. The highest BCUT2D eigenvalue weighted by Gasteiger charge is 2.26. The number of phenolic OH excluding ortho intramolecular Hbond substituents is 1. The smallest absolute Gasteiger partial charge is 0.255 e. The molecule has 1 aliphatic rings. The van der Waals surface area contributed by atoms with Crippen LogP contribution in [0.5, 0.6) is 11.5 Å². The molecule has 2 amide bonds. The van der Waals surface area contributed by atoms with Gasteiger partial charge in [0.2, 0.25) is 5.91 Å². The molecule has 0 spiro atoms. The Balaban J connectivity index is 1.83. The van der Waals surface area contributed by atoms with Gasteiger partial charge in [-0.2, -0.15) is 0 Å². The molecule has 0 saturated carbocycles. The van der Waals surface area contributed by atoms with Crippen molar-refractivity contribution in [1.82, 2.24) is 5.32 Å². The molecule has 2 aromatic rings. The summed E-state index contributed by atoms with van der Waals surface area (Å²) in [6.07, 6.45) is 1.57. The standard InChI is InChI=1S/C19H17FN2O4/c1-2-17(24)21-11-6-7-16(23)13(10-11)19(25)22-15-8-9-26-18-12(15)4-3-5-14(18)20/h2-7,10,15,23H,1,8-9H2,(H,21,24)(H,22,25). The fourth-order valence-electron chi connectivity index (χ4n) is 2.76. The number of ether oxygens (including phenoxy) is 1. The summed E-state index contributed by atoms with van der Waals surface area (Å²) in [7, 11) is 0. The highest BCUT2D eigenvalue weighted by Crippen LogP contribution is 2.34. The lowest BCUT2D eigenvalue weighted by Crippen LogP contribution is -2.32. The first-order valence-electron chi connectivity index (χ1n) is 7.98. The number of benzene rings is 2. The largest absolute Gasteiger partial charge is 0.507 e. The summed E-state index contributed by atoms with van der Waals surface area (Å²) in [6.45, 7) is 3.62. The van der Waals surface area contributed by atoms with Crippen LogP contribution in [-0.4, -0.2) is 23.5 Å². The molecular weight excluding hydrogens is 339 g/mol. The van der Waals surface area contributed by atoms with Crippen LogP contribution >= 0.6 is 0 Å². The molecule has 7 heteroatoms. The Hall–Kier alpha value is -3.35. The van der Waals surface area contributed by atoms with Gasteiger partial charge in [-0.15, -0.1) is 0 Å². The number of phenols is 1. The van der Waals surface area contributed by atoms with Crippen molar-refractivity contribution in [3.8, 4) is 11.5 Å². The fraction of sp³-hybridized carbons (Fsp3) is 0.158. The molecule has 134 valence electrons. The summed E-state index contributed by atoms with van der Waals surface area (Å²) < 4.78 is 19.2. The Morgan fingerprint density at radius 3 is 2.88 bits per heavy atom. The van der Waals surface area contributed by atoms with Gasteiger partial charge in [0.15, 0.2) is 11.6 Å². The van der Waals surface area contributed by atoms with Gasteiger partial charge in [-0.1, -0.05) is 18.7 Å². The van der Waals surface area contributed by atoms with E-state index in [9.17, 15) is 19.1 Å². The van der Waals surface area contributed by atoms with Gasteiger partial charge in [-0.3, -0.25) is 9.59 Å². The van der Waals surface area contributed by atoms with Gasteiger partial charge in [-0.25, -0.2) is 4.39 Å². The van der Waals surface area contributed by atoms with E-state index in [1.807, 2.05) is 0 Å². The van der Waals surface area contributed by atoms with Crippen molar-refractivity contribution in [2.75, 3.05) is 11.9 Å². The Labute approximate surface area is 149 Å². The van der Waals surface area contributed by atoms with Gasteiger partial charge < -0.3 is 20.5 Å². The van der Waals surface area contributed by atoms with Crippen molar-refractivity contribution in [1.29, 1.82) is 0 Å². The van der Waals surface area contributed by atoms with E-state index in [-0.39, 0.29) is 23.7 Å². The van der Waals surface area contributed by atoms with E-state index in [0.717, 1.165) is 6.08 Å². The van der Waals surface area contributed by atoms with Crippen LogP contribution in [0, 0.1) is 5.82 Å². The van der Waals surface area contributed by atoms with E-state index < -0.39 is 23.7 Å². The van der Waals surface area contributed by atoms with Crippen LogP contribution in [0.1, 0.15) is 28.4 Å². The number of nitrogens with one attached hydrogen (secondary N) is 2. The van der Waals surface area contributed by atoms with Gasteiger partial charge >= 0.3 is 0 Å². The fourth-order valence-corrected chi connectivity index (χ4v) is 2.76. The second-order valence-electron chi connectivity index (χ2n) is 5.75. The van der Waals surface area contributed by atoms with Crippen molar-refractivity contribution >= 4 is 17.5 Å². The molecule has 3 N–H and O–H groups in total. The number of anilines is 1. The van der Waals surface area contributed by atoms with E-state index in [1.165, 1.54) is 24.3 Å². The molecule has 0 radical (unpaired) electrons. The Kier molecular flexibility index (Phi) is 4.88. The number of carbonyl (C=O) groups is 2. The number of fused-ring (bicyclic) bond motifs is 1. The summed E-state index contributed by atoms with van der Waals surface area (Å²) in [6, 6.07) is 8.21. The minimum absolute atomic E-state index is 0.00342. The number of rotatable bonds is 4. The van der Waals surface area contributed by atoms with E-state index >= 15 is 0 Å². The SMILES string of the molecule is C=CC(=O)Nc1ccc(O)c(C(=O)NC2CCOc3c(F)cccc32)c1. The van der Waals surface area contributed by atoms with E-state index in [2.05, 4.69) is 17.2 Å². The Morgan fingerprint density at radius 1 is 1.31 bits per heavy atom. The molecule has 2 aromatic carbocycles. The number of hydrogen-bond acceptors (Lipinski definition) is 4. The zero-order valence-electron chi connectivity index (χ0n) is 13.8. The average molecular weight is 356 g/mol. The Bertz CT molecular complexity index is 882. The molecule has 0 bridgehead atoms. The maximum absolute atomic E-state index is 13.9. The number of hydrogen-bond donors (Lipinski definition) is 3. The lowest BCUT2D eigenvalue weighted by molar-refractivity contribution is -0.111. The van der Waals surface area contributed by atoms with Crippen molar-refractivity contribution < 1.29 is 23.8 Å². The number of halogens is 1. The first kappa shape index (κ1) is 17.5. The predicted molar refractivity (Wildman–Crippen MR) is 93.7 cm³/mol. The number of carbonyl (C=O) groups excluding carboxylic acids is 2. The van der Waals surface area contributed by atoms with Crippen LogP contribution in [0.4, 0.5) is 10.1 Å². The normalized spacial score (nSPS) is 15.3. The van der Waals surface area contributed by atoms with Gasteiger partial charge in [0.05, 0.1) is 18.2 Å². The number of aromatic hydroxyl groups is 1. The highest BCUT2D eigenvalue weighted by molar-refractivity contribution is 6.02. The summed E-state index contributed by atoms with van der Waals surface area (Å²) in [4.78, 5) is 24.0. The van der Waals surface area contributed by atoms with Crippen LogP contribution in [0.3, 0.4) is 0 Å². The third-order valence-electron chi connectivity index (χ3n) is 4.03. The number of amides is 2. The maximum atomic E-state index is 13.9. The van der Waals surface area contributed by atoms with Crippen LogP contribution in [0.15, 0.2) is 49.1 Å². The molecule has 6 nitrogen and oxygen atoms in total. The topological polar surface area (TPSA) is 87.7 Å². The molecule has 1 heterocycles. The summed E-state index contributed by atoms with van der Waals surface area (Å²) >= 11 is 0. The molecule has 1 unspecified atom stereocenters.